The van der Waals surface area contributed by atoms with Crippen molar-refractivity contribution in [1.29, 1.82) is 0 Å². The van der Waals surface area contributed by atoms with Gasteiger partial charge in [-0.25, -0.2) is 0 Å². The van der Waals surface area contributed by atoms with Crippen LogP contribution in [-0.4, -0.2) is 9.49 Å². The molecule has 94 valence electrons. The van der Waals surface area contributed by atoms with Gasteiger partial charge in [0, 0.05) is 36.3 Å². The van der Waals surface area contributed by atoms with Gasteiger partial charge in [0.15, 0.2) is 0 Å². The third kappa shape index (κ3) is 2.34. The number of nitro benzene ring substituents is 1. The molecule has 18 heavy (non-hydrogen) atoms. The highest BCUT2D eigenvalue weighted by Gasteiger charge is 2.12. The van der Waals surface area contributed by atoms with Crippen LogP contribution in [0.1, 0.15) is 11.3 Å². The molecule has 0 radical (unpaired) electrons. The molecule has 0 saturated heterocycles. The third-order valence-electron chi connectivity index (χ3n) is 3.01. The third-order valence-corrected chi connectivity index (χ3v) is 3.01. The maximum atomic E-state index is 10.8. The van der Waals surface area contributed by atoms with Crippen LogP contribution >= 0.6 is 0 Å². The van der Waals surface area contributed by atoms with Crippen molar-refractivity contribution in [3.8, 4) is 0 Å². The summed E-state index contributed by atoms with van der Waals surface area (Å²) >= 11 is 0. The Morgan fingerprint density at radius 1 is 1.33 bits per heavy atom. The van der Waals surface area contributed by atoms with E-state index in [0.29, 0.717) is 12.1 Å². The van der Waals surface area contributed by atoms with Crippen molar-refractivity contribution in [1.82, 2.24) is 4.57 Å². The first-order valence-electron chi connectivity index (χ1n) is 5.67. The second kappa shape index (κ2) is 4.91. The summed E-state index contributed by atoms with van der Waals surface area (Å²) in [4.78, 5) is 10.5. The number of anilines is 1. The molecule has 5 heteroatoms. The van der Waals surface area contributed by atoms with Gasteiger partial charge in [0.25, 0.3) is 5.69 Å². The van der Waals surface area contributed by atoms with Gasteiger partial charge in [-0.15, -0.1) is 0 Å². The van der Waals surface area contributed by atoms with E-state index < -0.39 is 0 Å². The molecular formula is C13H15N3O2. The van der Waals surface area contributed by atoms with E-state index in [1.165, 1.54) is 6.07 Å². The number of nitrogens with zero attached hydrogens (tertiary/aromatic N) is 2. The maximum Gasteiger partial charge on any atom is 0.274 e. The van der Waals surface area contributed by atoms with E-state index in [1.54, 1.807) is 13.0 Å². The lowest BCUT2D eigenvalue weighted by Crippen LogP contribution is -2.05. The molecule has 0 aliphatic heterocycles. The fourth-order valence-electron chi connectivity index (χ4n) is 1.88. The van der Waals surface area contributed by atoms with Crippen LogP contribution < -0.4 is 5.32 Å². The number of hydrogen-bond donors (Lipinski definition) is 1. The Labute approximate surface area is 105 Å². The van der Waals surface area contributed by atoms with Crippen LogP contribution in [0, 0.1) is 17.0 Å². The number of rotatable bonds is 4. The normalized spacial score (nSPS) is 10.3. The fraction of sp³-hybridized carbons (Fsp3) is 0.231. The van der Waals surface area contributed by atoms with Crippen LogP contribution in [0.3, 0.4) is 0 Å². The molecule has 2 rings (SSSR count). The molecule has 0 bridgehead atoms. The second-order valence-corrected chi connectivity index (χ2v) is 4.17. The van der Waals surface area contributed by atoms with Gasteiger partial charge in [0.2, 0.25) is 0 Å². The quantitative estimate of drug-likeness (QED) is 0.665. The van der Waals surface area contributed by atoms with E-state index in [-0.39, 0.29) is 10.6 Å². The van der Waals surface area contributed by atoms with Gasteiger partial charge in [-0.05, 0) is 25.1 Å². The first-order valence-corrected chi connectivity index (χ1v) is 5.67. The Hall–Kier alpha value is -2.30. The van der Waals surface area contributed by atoms with Crippen LogP contribution in [0.4, 0.5) is 11.4 Å². The lowest BCUT2D eigenvalue weighted by atomic mass is 10.1. The zero-order valence-corrected chi connectivity index (χ0v) is 10.4. The summed E-state index contributed by atoms with van der Waals surface area (Å²) in [6.07, 6.45) is 1.97. The number of nitro groups is 1. The summed E-state index contributed by atoms with van der Waals surface area (Å²) in [6, 6.07) is 9.05. The van der Waals surface area contributed by atoms with Gasteiger partial charge in [-0.2, -0.15) is 0 Å². The zero-order chi connectivity index (χ0) is 13.1. The SMILES string of the molecule is Cc1c(NCc2cccn2C)cccc1[N+](=O)[O-]. The minimum atomic E-state index is -0.358. The van der Waals surface area contributed by atoms with Gasteiger partial charge in [0.05, 0.1) is 11.5 Å². The summed E-state index contributed by atoms with van der Waals surface area (Å²) < 4.78 is 2.01. The Morgan fingerprint density at radius 3 is 2.72 bits per heavy atom. The molecule has 0 aliphatic carbocycles. The highest BCUT2D eigenvalue weighted by atomic mass is 16.6. The van der Waals surface area contributed by atoms with E-state index in [2.05, 4.69) is 5.32 Å². The minimum Gasteiger partial charge on any atom is -0.379 e. The minimum absolute atomic E-state index is 0.145. The average Bonchev–Trinajstić information content (AvgIpc) is 2.73. The molecule has 0 unspecified atom stereocenters. The molecule has 0 spiro atoms. The molecule has 0 atom stereocenters. The van der Waals surface area contributed by atoms with E-state index in [0.717, 1.165) is 11.4 Å². The number of aryl methyl sites for hydroxylation is 1. The molecule has 1 aromatic heterocycles. The van der Waals surface area contributed by atoms with Gasteiger partial charge < -0.3 is 9.88 Å². The summed E-state index contributed by atoms with van der Waals surface area (Å²) in [5.41, 5.74) is 2.73. The Morgan fingerprint density at radius 2 is 2.11 bits per heavy atom. The van der Waals surface area contributed by atoms with Crippen molar-refractivity contribution in [2.75, 3.05) is 5.32 Å². The lowest BCUT2D eigenvalue weighted by molar-refractivity contribution is -0.385. The standard InChI is InChI=1S/C13H15N3O2/c1-10-12(6-3-7-13(10)16(17)18)14-9-11-5-4-8-15(11)2/h3-8,14H,9H2,1-2H3. The van der Waals surface area contributed by atoms with Crippen molar-refractivity contribution in [3.63, 3.8) is 0 Å². The van der Waals surface area contributed by atoms with E-state index >= 15 is 0 Å². The molecule has 5 nitrogen and oxygen atoms in total. The van der Waals surface area contributed by atoms with Crippen LogP contribution in [-0.2, 0) is 13.6 Å². The predicted octanol–water partition coefficient (Wildman–Crippen LogP) is 2.85. The molecular weight excluding hydrogens is 230 g/mol. The van der Waals surface area contributed by atoms with Gasteiger partial charge in [-0.3, -0.25) is 10.1 Å². The first kappa shape index (κ1) is 12.2. The Kier molecular flexibility index (Phi) is 3.32. The first-order chi connectivity index (χ1) is 8.59. The zero-order valence-electron chi connectivity index (χ0n) is 10.4. The summed E-state index contributed by atoms with van der Waals surface area (Å²) in [6.45, 7) is 2.40. The van der Waals surface area contributed by atoms with E-state index in [4.69, 9.17) is 0 Å². The predicted molar refractivity (Wildman–Crippen MR) is 70.6 cm³/mol. The number of aromatic nitrogens is 1. The van der Waals surface area contributed by atoms with Crippen LogP contribution in [0.5, 0.6) is 0 Å². The monoisotopic (exact) mass is 245 g/mol. The molecule has 1 aromatic carbocycles. The Bertz CT molecular complexity index is 575. The largest absolute Gasteiger partial charge is 0.379 e. The number of hydrogen-bond acceptors (Lipinski definition) is 3. The molecule has 1 N–H and O–H groups in total. The van der Waals surface area contributed by atoms with Crippen molar-refractivity contribution >= 4 is 11.4 Å². The lowest BCUT2D eigenvalue weighted by Gasteiger charge is -2.10. The summed E-state index contributed by atoms with van der Waals surface area (Å²) in [5.74, 6) is 0. The molecule has 0 aliphatic rings. The Balaban J connectivity index is 2.17. The highest BCUT2D eigenvalue weighted by Crippen LogP contribution is 2.25. The molecule has 0 saturated carbocycles. The van der Waals surface area contributed by atoms with Crippen molar-refractivity contribution in [3.05, 3.63) is 57.9 Å². The number of benzene rings is 1. The van der Waals surface area contributed by atoms with Gasteiger partial charge in [-0.1, -0.05) is 6.07 Å². The topological polar surface area (TPSA) is 60.1 Å². The van der Waals surface area contributed by atoms with Crippen LogP contribution in [0.15, 0.2) is 36.5 Å². The maximum absolute atomic E-state index is 10.8. The van der Waals surface area contributed by atoms with Gasteiger partial charge >= 0.3 is 0 Å². The fourth-order valence-corrected chi connectivity index (χ4v) is 1.88. The average molecular weight is 245 g/mol. The van der Waals surface area contributed by atoms with Crippen molar-refractivity contribution in [2.24, 2.45) is 7.05 Å². The smallest absolute Gasteiger partial charge is 0.274 e. The van der Waals surface area contributed by atoms with E-state index in [9.17, 15) is 10.1 Å². The van der Waals surface area contributed by atoms with Crippen LogP contribution in [0.2, 0.25) is 0 Å². The van der Waals surface area contributed by atoms with Crippen LogP contribution in [0.25, 0.3) is 0 Å². The second-order valence-electron chi connectivity index (χ2n) is 4.17. The molecule has 1 heterocycles. The summed E-state index contributed by atoms with van der Waals surface area (Å²) in [7, 11) is 1.97. The van der Waals surface area contributed by atoms with E-state index in [1.807, 2.05) is 36.0 Å². The van der Waals surface area contributed by atoms with Gasteiger partial charge in [0.1, 0.15) is 0 Å². The molecule has 2 aromatic rings. The highest BCUT2D eigenvalue weighted by molar-refractivity contribution is 5.59. The number of nitrogens with one attached hydrogen (secondary N) is 1. The summed E-state index contributed by atoms with van der Waals surface area (Å²) in [5, 5.41) is 14.1. The molecule has 0 amide bonds. The van der Waals surface area contributed by atoms with Crippen molar-refractivity contribution < 1.29 is 4.92 Å². The molecule has 0 fully saturated rings. The van der Waals surface area contributed by atoms with Crippen molar-refractivity contribution in [2.45, 2.75) is 13.5 Å².